The van der Waals surface area contributed by atoms with E-state index in [9.17, 15) is 24.0 Å². The maximum absolute atomic E-state index is 13.7. The van der Waals surface area contributed by atoms with Gasteiger partial charge in [-0.25, -0.2) is 4.79 Å². The van der Waals surface area contributed by atoms with Crippen LogP contribution in [0.5, 0.6) is 0 Å². The van der Waals surface area contributed by atoms with Crippen molar-refractivity contribution in [3.63, 3.8) is 0 Å². The fourth-order valence-electron chi connectivity index (χ4n) is 5.86. The Hall–Kier alpha value is -4.37. The summed E-state index contributed by atoms with van der Waals surface area (Å²) in [6.07, 6.45) is 6.39. The Morgan fingerprint density at radius 2 is 1.36 bits per heavy atom. The molecule has 0 unspecified atom stereocenters. The molecule has 0 spiro atoms. The molecular weight excluding hydrogens is 684 g/mol. The molecule has 0 aliphatic carbocycles. The van der Waals surface area contributed by atoms with Gasteiger partial charge in [-0.3, -0.25) is 19.2 Å². The maximum Gasteiger partial charge on any atom is 0.354 e. The molecule has 1 fully saturated rings. The Morgan fingerprint density at radius 1 is 0.736 bits per heavy atom. The Balaban J connectivity index is 1.45. The number of aryl methyl sites for hydroxylation is 2. The quantitative estimate of drug-likeness (QED) is 0.102. The third-order valence-electron chi connectivity index (χ3n) is 8.69. The van der Waals surface area contributed by atoms with Gasteiger partial charge in [0.1, 0.15) is 25.3 Å². The third-order valence-corrected chi connectivity index (χ3v) is 8.69. The first kappa shape index (κ1) is 43.0. The lowest BCUT2D eigenvalue weighted by Gasteiger charge is -2.28. The second-order valence-corrected chi connectivity index (χ2v) is 12.9. The number of rotatable bonds is 25. The van der Waals surface area contributed by atoms with Crippen molar-refractivity contribution in [3.8, 4) is 0 Å². The molecule has 14 nitrogen and oxygen atoms in total. The topological polar surface area (TPSA) is 171 Å². The van der Waals surface area contributed by atoms with E-state index >= 15 is 0 Å². The molecule has 2 aromatic rings. The van der Waals surface area contributed by atoms with Gasteiger partial charge < -0.3 is 39.3 Å². The molecule has 1 saturated heterocycles. The molecule has 53 heavy (non-hydrogen) atoms. The van der Waals surface area contributed by atoms with Crippen molar-refractivity contribution in [2.45, 2.75) is 76.3 Å². The predicted molar refractivity (Wildman–Crippen MR) is 196 cm³/mol. The Labute approximate surface area is 312 Å². The fourth-order valence-corrected chi connectivity index (χ4v) is 5.86. The highest BCUT2D eigenvalue weighted by Crippen LogP contribution is 2.21. The second kappa shape index (κ2) is 25.6. The van der Waals surface area contributed by atoms with Crippen LogP contribution >= 0.6 is 0 Å². The average Bonchev–Trinajstić information content (AvgIpc) is 3.66. The summed E-state index contributed by atoms with van der Waals surface area (Å²) in [5, 5.41) is 5.49. The lowest BCUT2D eigenvalue weighted by atomic mass is 10.0. The lowest BCUT2D eigenvalue weighted by molar-refractivity contribution is -0.164. The molecule has 292 valence electrons. The van der Waals surface area contributed by atoms with Crippen molar-refractivity contribution in [1.82, 2.24) is 21.0 Å². The van der Waals surface area contributed by atoms with Crippen LogP contribution in [0, 0.1) is 0 Å². The molecule has 0 radical (unpaired) electrons. The van der Waals surface area contributed by atoms with Gasteiger partial charge in [-0.05, 0) is 74.5 Å². The number of hydrogen-bond donors (Lipinski definition) is 3. The van der Waals surface area contributed by atoms with Gasteiger partial charge in [0.15, 0.2) is 0 Å². The van der Waals surface area contributed by atoms with Gasteiger partial charge in [-0.15, -0.1) is 0 Å². The zero-order chi connectivity index (χ0) is 38.1. The van der Waals surface area contributed by atoms with Gasteiger partial charge in [-0.1, -0.05) is 54.6 Å². The first-order valence-electron chi connectivity index (χ1n) is 18.4. The minimum absolute atomic E-state index is 0.0245. The molecule has 2 atom stereocenters. The minimum Gasteiger partial charge on any atom is -0.382 e. The highest BCUT2D eigenvalue weighted by molar-refractivity contribution is 5.91. The van der Waals surface area contributed by atoms with Crippen LogP contribution in [0.2, 0.25) is 0 Å². The number of nitrogens with zero attached hydrogens (tertiary/aromatic N) is 1. The van der Waals surface area contributed by atoms with E-state index in [0.29, 0.717) is 58.6 Å². The summed E-state index contributed by atoms with van der Waals surface area (Å²) in [5.74, 6) is -2.42. The van der Waals surface area contributed by atoms with Crippen molar-refractivity contribution >= 4 is 29.6 Å². The third kappa shape index (κ3) is 17.3. The number of carbonyl (C=O) groups is 5. The largest absolute Gasteiger partial charge is 0.382 e. The Bertz CT molecular complexity index is 1390. The molecule has 1 aliphatic heterocycles. The van der Waals surface area contributed by atoms with Crippen LogP contribution in [0.3, 0.4) is 0 Å². The van der Waals surface area contributed by atoms with E-state index in [1.165, 1.54) is 23.1 Å². The Morgan fingerprint density at radius 3 is 2.02 bits per heavy atom. The molecule has 3 N–H and O–H groups in total. The summed E-state index contributed by atoms with van der Waals surface area (Å²) in [6, 6.07) is 16.4. The lowest BCUT2D eigenvalue weighted by Crippen LogP contribution is -2.53. The molecule has 1 heterocycles. The number of amides is 4. The van der Waals surface area contributed by atoms with E-state index in [0.717, 1.165) is 31.2 Å². The van der Waals surface area contributed by atoms with Crippen molar-refractivity contribution in [2.75, 3.05) is 67.0 Å². The van der Waals surface area contributed by atoms with E-state index in [1.807, 2.05) is 30.3 Å². The van der Waals surface area contributed by atoms with Crippen LogP contribution in [0.25, 0.3) is 0 Å². The zero-order valence-electron chi connectivity index (χ0n) is 31.1. The summed E-state index contributed by atoms with van der Waals surface area (Å²) in [6.45, 7) is 1.54. The highest BCUT2D eigenvalue weighted by Gasteiger charge is 2.39. The minimum atomic E-state index is -0.934. The van der Waals surface area contributed by atoms with Crippen molar-refractivity contribution in [2.24, 2.45) is 0 Å². The first-order valence-corrected chi connectivity index (χ1v) is 18.4. The SMILES string of the molecule is COCCOCC(=O)NCCCC[C@H](NC(=O)COCCOC)C(=O)N1CCC[C@H]1C(=O)ONC(=O)Cc1ccc(CCCCc2ccccc2)cc1. The van der Waals surface area contributed by atoms with E-state index in [2.05, 4.69) is 40.4 Å². The highest BCUT2D eigenvalue weighted by atomic mass is 16.7. The van der Waals surface area contributed by atoms with Crippen molar-refractivity contribution in [1.29, 1.82) is 0 Å². The van der Waals surface area contributed by atoms with E-state index in [4.69, 9.17) is 23.8 Å². The van der Waals surface area contributed by atoms with Crippen LogP contribution in [0.4, 0.5) is 0 Å². The smallest absolute Gasteiger partial charge is 0.354 e. The normalized spacial score (nSPS) is 14.4. The van der Waals surface area contributed by atoms with Gasteiger partial charge in [0.05, 0.1) is 32.8 Å². The van der Waals surface area contributed by atoms with Gasteiger partial charge in [0.2, 0.25) is 17.7 Å². The summed E-state index contributed by atoms with van der Waals surface area (Å²) >= 11 is 0. The molecule has 0 saturated carbocycles. The predicted octanol–water partition coefficient (Wildman–Crippen LogP) is 2.46. The molecule has 0 aromatic heterocycles. The molecule has 4 amide bonds. The van der Waals surface area contributed by atoms with Crippen molar-refractivity contribution in [3.05, 3.63) is 71.3 Å². The summed E-state index contributed by atoms with van der Waals surface area (Å²) in [5.41, 5.74) is 5.55. The number of hydroxylamine groups is 1. The number of benzene rings is 2. The van der Waals surface area contributed by atoms with Gasteiger partial charge >= 0.3 is 5.97 Å². The molecule has 0 bridgehead atoms. The molecule has 3 rings (SSSR count). The number of ether oxygens (including phenoxy) is 4. The molecule has 14 heteroatoms. The average molecular weight is 741 g/mol. The molecule has 1 aliphatic rings. The first-order chi connectivity index (χ1) is 25.8. The van der Waals surface area contributed by atoms with Crippen LogP contribution < -0.4 is 16.1 Å². The standard InChI is InChI=1S/C39H56N4O10/c1-49-23-25-51-28-36(45)40-21-9-8-15-33(41-37(46)29-52-26-24-50-2)38(47)43-22-10-16-34(43)39(48)53-42-35(44)27-32-19-17-31(18-20-32)14-7-6-13-30-11-4-3-5-12-30/h3-5,11-12,17-20,33-34H,6-10,13-16,21-29H2,1-2H3,(H,40,45)(H,41,46)(H,42,44)/t33-,34-/m0/s1. The van der Waals surface area contributed by atoms with Crippen molar-refractivity contribution < 1.29 is 47.8 Å². The van der Waals surface area contributed by atoms with Crippen LogP contribution in [0.15, 0.2) is 54.6 Å². The van der Waals surface area contributed by atoms with Crippen LogP contribution in [0.1, 0.15) is 61.6 Å². The summed E-state index contributed by atoms with van der Waals surface area (Å²) < 4.78 is 20.3. The van der Waals surface area contributed by atoms with Gasteiger partial charge in [0, 0.05) is 27.3 Å². The zero-order valence-corrected chi connectivity index (χ0v) is 31.1. The fraction of sp³-hybridized carbons (Fsp3) is 0.564. The van der Waals surface area contributed by atoms with Gasteiger partial charge in [0.25, 0.3) is 5.91 Å². The Kier molecular flexibility index (Phi) is 20.8. The summed E-state index contributed by atoms with van der Waals surface area (Å²) in [4.78, 5) is 70.7. The van der Waals surface area contributed by atoms with Crippen LogP contribution in [-0.4, -0.2) is 114 Å². The number of unbranched alkanes of at least 4 members (excludes halogenated alkanes) is 2. The number of nitrogens with one attached hydrogen (secondary N) is 3. The number of carbonyl (C=O) groups excluding carboxylic acids is 5. The summed E-state index contributed by atoms with van der Waals surface area (Å²) in [7, 11) is 3.07. The van der Waals surface area contributed by atoms with E-state index < -0.39 is 35.8 Å². The monoisotopic (exact) mass is 740 g/mol. The second-order valence-electron chi connectivity index (χ2n) is 12.9. The molecule has 2 aromatic carbocycles. The van der Waals surface area contributed by atoms with E-state index in [1.54, 1.807) is 7.11 Å². The van der Waals surface area contributed by atoms with Gasteiger partial charge in [-0.2, -0.15) is 5.48 Å². The molecular formula is C39H56N4O10. The van der Waals surface area contributed by atoms with E-state index in [-0.39, 0.29) is 38.6 Å². The number of methoxy groups -OCH3 is 2. The number of likely N-dealkylation sites (tertiary alicyclic amines) is 1. The number of hydrogen-bond acceptors (Lipinski definition) is 10. The van der Waals surface area contributed by atoms with Crippen LogP contribution in [-0.2, 0) is 67.0 Å². The maximum atomic E-state index is 13.7.